The fraction of sp³-hybridized carbons (Fsp3) is 0.297. The van der Waals surface area contributed by atoms with Crippen LogP contribution >= 0.6 is 23.2 Å². The van der Waals surface area contributed by atoms with Crippen molar-refractivity contribution in [3.05, 3.63) is 117 Å². The standard InChI is InChI=1S/C37H41Cl2N3O6S/c1-24(2)40-37(44)33(20-27-11-8-7-9-12-27)41(22-30-31(38)13-10-14-32(30)39)36(43)23-42(28-18-25(3)17-26(4)19-28)49(45,46)29-15-16-34(47-5)35(21-29)48-6/h7-19,21,24,33H,20,22-23H2,1-6H3,(H,40,44)/t33-/m0/s1. The fourth-order valence-corrected chi connectivity index (χ4v) is 7.45. The molecule has 0 radical (unpaired) electrons. The highest BCUT2D eigenvalue weighted by atomic mass is 35.5. The minimum Gasteiger partial charge on any atom is -0.493 e. The molecule has 0 aromatic heterocycles. The number of nitrogens with one attached hydrogen (secondary N) is 1. The number of carbonyl (C=O) groups excluding carboxylic acids is 2. The average Bonchev–Trinajstić information content (AvgIpc) is 3.05. The van der Waals surface area contributed by atoms with E-state index in [9.17, 15) is 18.0 Å². The third-order valence-electron chi connectivity index (χ3n) is 7.81. The molecule has 0 aliphatic carbocycles. The van der Waals surface area contributed by atoms with Crippen molar-refractivity contribution in [2.45, 2.75) is 57.6 Å². The smallest absolute Gasteiger partial charge is 0.264 e. The van der Waals surface area contributed by atoms with Crippen molar-refractivity contribution in [2.24, 2.45) is 0 Å². The van der Waals surface area contributed by atoms with Gasteiger partial charge in [0.05, 0.1) is 24.8 Å². The first-order valence-corrected chi connectivity index (χ1v) is 17.8. The van der Waals surface area contributed by atoms with Crippen LogP contribution in [0, 0.1) is 13.8 Å². The molecule has 0 fully saturated rings. The molecule has 2 amide bonds. The van der Waals surface area contributed by atoms with E-state index in [0.717, 1.165) is 21.0 Å². The molecule has 12 heteroatoms. The lowest BCUT2D eigenvalue weighted by atomic mass is 10.0. The van der Waals surface area contributed by atoms with Gasteiger partial charge in [0.15, 0.2) is 11.5 Å². The highest BCUT2D eigenvalue weighted by Crippen LogP contribution is 2.33. The predicted molar refractivity (Wildman–Crippen MR) is 194 cm³/mol. The van der Waals surface area contributed by atoms with Crippen molar-refractivity contribution in [3.63, 3.8) is 0 Å². The van der Waals surface area contributed by atoms with Gasteiger partial charge in [0, 0.05) is 40.7 Å². The van der Waals surface area contributed by atoms with Crippen molar-refractivity contribution in [1.82, 2.24) is 10.2 Å². The number of hydrogen-bond donors (Lipinski definition) is 1. The van der Waals surface area contributed by atoms with Gasteiger partial charge in [-0.1, -0.05) is 65.7 Å². The number of methoxy groups -OCH3 is 2. The second-order valence-corrected chi connectivity index (χ2v) is 14.6. The Morgan fingerprint density at radius 1 is 0.816 bits per heavy atom. The fourth-order valence-electron chi connectivity index (χ4n) is 5.52. The van der Waals surface area contributed by atoms with Gasteiger partial charge in [-0.15, -0.1) is 0 Å². The first kappa shape index (κ1) is 37.6. The van der Waals surface area contributed by atoms with E-state index in [2.05, 4.69) is 5.32 Å². The van der Waals surface area contributed by atoms with E-state index in [0.29, 0.717) is 21.4 Å². The second kappa shape index (κ2) is 16.4. The summed E-state index contributed by atoms with van der Waals surface area (Å²) in [6, 6.07) is 22.5. The third-order valence-corrected chi connectivity index (χ3v) is 10.3. The van der Waals surface area contributed by atoms with Crippen LogP contribution in [-0.4, -0.2) is 58.0 Å². The number of halogens is 2. The van der Waals surface area contributed by atoms with Crippen LogP contribution in [0.25, 0.3) is 0 Å². The zero-order chi connectivity index (χ0) is 35.9. The van der Waals surface area contributed by atoms with Gasteiger partial charge in [0.2, 0.25) is 11.8 Å². The number of sulfonamides is 1. The number of amides is 2. The molecular formula is C37H41Cl2N3O6S. The normalized spacial score (nSPS) is 11.9. The summed E-state index contributed by atoms with van der Waals surface area (Å²) in [6.45, 7) is 6.55. The Kier molecular flexibility index (Phi) is 12.6. The van der Waals surface area contributed by atoms with E-state index in [1.54, 1.807) is 30.3 Å². The number of rotatable bonds is 14. The maximum atomic E-state index is 14.8. The molecule has 0 saturated carbocycles. The Morgan fingerprint density at radius 2 is 1.43 bits per heavy atom. The van der Waals surface area contributed by atoms with Gasteiger partial charge in [0.25, 0.3) is 10.0 Å². The van der Waals surface area contributed by atoms with E-state index >= 15 is 0 Å². The Hall–Kier alpha value is -4.25. The van der Waals surface area contributed by atoms with Crippen LogP contribution in [-0.2, 0) is 32.6 Å². The summed E-state index contributed by atoms with van der Waals surface area (Å²) in [7, 11) is -1.53. The van der Waals surface area contributed by atoms with Gasteiger partial charge in [-0.2, -0.15) is 0 Å². The van der Waals surface area contributed by atoms with Crippen LogP contribution in [0.3, 0.4) is 0 Å². The monoisotopic (exact) mass is 725 g/mol. The largest absolute Gasteiger partial charge is 0.493 e. The van der Waals surface area contributed by atoms with Gasteiger partial charge in [-0.25, -0.2) is 8.42 Å². The number of benzene rings is 4. The van der Waals surface area contributed by atoms with Crippen LogP contribution in [0.5, 0.6) is 11.5 Å². The lowest BCUT2D eigenvalue weighted by Crippen LogP contribution is -2.54. The SMILES string of the molecule is COc1ccc(S(=O)(=O)N(CC(=O)N(Cc2c(Cl)cccc2Cl)[C@@H](Cc2ccccc2)C(=O)NC(C)C)c2cc(C)cc(C)c2)cc1OC. The minimum absolute atomic E-state index is 0.115. The summed E-state index contributed by atoms with van der Waals surface area (Å²) in [5, 5.41) is 3.54. The maximum Gasteiger partial charge on any atom is 0.264 e. The van der Waals surface area contributed by atoms with Crippen molar-refractivity contribution in [2.75, 3.05) is 25.1 Å². The number of carbonyl (C=O) groups is 2. The molecule has 9 nitrogen and oxygen atoms in total. The summed E-state index contributed by atoms with van der Waals surface area (Å²) < 4.78 is 40.8. The molecule has 4 aromatic rings. The molecule has 49 heavy (non-hydrogen) atoms. The van der Waals surface area contributed by atoms with Crippen LogP contribution in [0.2, 0.25) is 10.0 Å². The molecule has 0 heterocycles. The lowest BCUT2D eigenvalue weighted by molar-refractivity contribution is -0.140. The first-order valence-electron chi connectivity index (χ1n) is 15.6. The lowest BCUT2D eigenvalue weighted by Gasteiger charge is -2.34. The van der Waals surface area contributed by atoms with Crippen LogP contribution in [0.1, 0.15) is 36.1 Å². The van der Waals surface area contributed by atoms with E-state index in [4.69, 9.17) is 32.7 Å². The first-order chi connectivity index (χ1) is 23.2. The molecule has 0 spiro atoms. The van der Waals surface area contributed by atoms with Crippen LogP contribution in [0.4, 0.5) is 5.69 Å². The number of nitrogens with zero attached hydrogens (tertiary/aromatic N) is 2. The van der Waals surface area contributed by atoms with E-state index in [1.807, 2.05) is 64.1 Å². The van der Waals surface area contributed by atoms with Gasteiger partial charge in [-0.3, -0.25) is 13.9 Å². The molecule has 0 aliphatic rings. The molecule has 4 aromatic carbocycles. The van der Waals surface area contributed by atoms with E-state index in [-0.39, 0.29) is 35.3 Å². The average molecular weight is 727 g/mol. The van der Waals surface area contributed by atoms with E-state index < -0.39 is 34.4 Å². The van der Waals surface area contributed by atoms with Gasteiger partial charge in [-0.05, 0) is 80.8 Å². The third kappa shape index (κ3) is 9.26. The molecule has 0 aliphatic heterocycles. The topological polar surface area (TPSA) is 105 Å². The zero-order valence-electron chi connectivity index (χ0n) is 28.4. The highest BCUT2D eigenvalue weighted by molar-refractivity contribution is 7.92. The Bertz CT molecular complexity index is 1860. The molecule has 4 rings (SSSR count). The molecule has 0 saturated heterocycles. The predicted octanol–water partition coefficient (Wildman–Crippen LogP) is 6.99. The number of hydrogen-bond acceptors (Lipinski definition) is 6. The quantitative estimate of drug-likeness (QED) is 0.150. The summed E-state index contributed by atoms with van der Waals surface area (Å²) in [5.74, 6) is -0.494. The van der Waals surface area contributed by atoms with Crippen molar-refractivity contribution >= 4 is 50.7 Å². The van der Waals surface area contributed by atoms with Gasteiger partial charge < -0.3 is 19.7 Å². The summed E-state index contributed by atoms with van der Waals surface area (Å²) in [6.07, 6.45) is 0.152. The number of ether oxygens (including phenoxy) is 2. The summed E-state index contributed by atoms with van der Waals surface area (Å²) in [4.78, 5) is 29.9. The van der Waals surface area contributed by atoms with Gasteiger partial charge in [0.1, 0.15) is 12.6 Å². The van der Waals surface area contributed by atoms with Crippen molar-refractivity contribution < 1.29 is 27.5 Å². The van der Waals surface area contributed by atoms with Crippen LogP contribution < -0.4 is 19.1 Å². The molecule has 1 atom stereocenters. The van der Waals surface area contributed by atoms with E-state index in [1.165, 1.54) is 37.3 Å². The van der Waals surface area contributed by atoms with Crippen molar-refractivity contribution in [3.8, 4) is 11.5 Å². The Morgan fingerprint density at radius 3 is 2.00 bits per heavy atom. The summed E-state index contributed by atoms with van der Waals surface area (Å²) in [5.41, 5.74) is 3.11. The van der Waals surface area contributed by atoms with Gasteiger partial charge >= 0.3 is 0 Å². The molecule has 260 valence electrons. The maximum absolute atomic E-state index is 14.8. The van der Waals surface area contributed by atoms with Crippen LogP contribution in [0.15, 0.2) is 89.8 Å². The molecule has 0 bridgehead atoms. The molecule has 0 unspecified atom stereocenters. The Balaban J connectivity index is 1.89. The minimum atomic E-state index is -4.39. The zero-order valence-corrected chi connectivity index (χ0v) is 30.7. The number of aryl methyl sites for hydroxylation is 2. The molecule has 1 N–H and O–H groups in total. The second-order valence-electron chi connectivity index (χ2n) is 12.0. The molecular weight excluding hydrogens is 685 g/mol. The Labute approximate surface area is 298 Å². The van der Waals surface area contributed by atoms with Crippen molar-refractivity contribution in [1.29, 1.82) is 0 Å². The summed E-state index contributed by atoms with van der Waals surface area (Å²) >= 11 is 13.2. The highest BCUT2D eigenvalue weighted by Gasteiger charge is 2.36. The number of anilines is 1.